The van der Waals surface area contributed by atoms with Gasteiger partial charge in [0.15, 0.2) is 0 Å². The molecule has 0 N–H and O–H groups in total. The van der Waals surface area contributed by atoms with E-state index in [1.54, 1.807) is 12.4 Å². The van der Waals surface area contributed by atoms with Gasteiger partial charge in [0, 0.05) is 40.1 Å². The number of hydrogen-bond donors (Lipinski definition) is 0. The molecule has 108 valence electrons. The Kier molecular flexibility index (Phi) is 2.46. The fourth-order valence-electron chi connectivity index (χ4n) is 2.96. The van der Waals surface area contributed by atoms with E-state index in [9.17, 15) is 0 Å². The van der Waals surface area contributed by atoms with Gasteiger partial charge in [0.1, 0.15) is 5.58 Å². The first-order valence-corrected chi connectivity index (χ1v) is 7.37. The summed E-state index contributed by atoms with van der Waals surface area (Å²) in [7, 11) is 0. The van der Waals surface area contributed by atoms with E-state index in [2.05, 4.69) is 15.0 Å². The molecule has 0 aliphatic heterocycles. The molecule has 4 aromatic heterocycles. The van der Waals surface area contributed by atoms with E-state index >= 15 is 0 Å². The number of aromatic nitrogens is 3. The Balaban J connectivity index is 1.81. The maximum atomic E-state index is 5.88. The number of benzene rings is 1. The zero-order valence-electron chi connectivity index (χ0n) is 12.1. The highest BCUT2D eigenvalue weighted by Gasteiger charge is 2.11. The van der Waals surface area contributed by atoms with Gasteiger partial charge in [-0.2, -0.15) is 0 Å². The third-order valence-corrected chi connectivity index (χ3v) is 4.05. The van der Waals surface area contributed by atoms with Crippen molar-refractivity contribution in [3.63, 3.8) is 0 Å². The van der Waals surface area contributed by atoms with Crippen LogP contribution in [0.1, 0.15) is 0 Å². The molecule has 0 atom stereocenters. The molecule has 0 fully saturated rings. The molecule has 4 heterocycles. The van der Waals surface area contributed by atoms with Gasteiger partial charge in [-0.15, -0.1) is 0 Å². The van der Waals surface area contributed by atoms with Crippen LogP contribution in [0.25, 0.3) is 44.2 Å². The van der Waals surface area contributed by atoms with Crippen LogP contribution in [-0.2, 0) is 0 Å². The molecule has 5 aromatic rings. The van der Waals surface area contributed by atoms with Crippen molar-refractivity contribution in [1.29, 1.82) is 0 Å². The summed E-state index contributed by atoms with van der Waals surface area (Å²) in [5, 5.41) is 4.18. The highest BCUT2D eigenvalue weighted by molar-refractivity contribution is 6.04. The smallest absolute Gasteiger partial charge is 0.227 e. The molecular formula is C19H11N3O. The fraction of sp³-hybridized carbons (Fsp3) is 0. The molecule has 4 heteroatoms. The lowest BCUT2D eigenvalue weighted by molar-refractivity contribution is 0.654. The average molecular weight is 297 g/mol. The standard InChI is InChI=1S/C19H11N3O/c1-2-4-17-14(3-1)15-5-6-16(22-19(15)23-17)18-13-8-9-20-11-12(13)7-10-21-18/h1-11H. The second-order valence-corrected chi connectivity index (χ2v) is 5.40. The number of para-hydroxylation sites is 1. The number of pyridine rings is 3. The SMILES string of the molecule is c1ccc2c(c1)oc1nc(-c3nccc4cnccc34)ccc12. The van der Waals surface area contributed by atoms with E-state index in [0.29, 0.717) is 5.71 Å². The Morgan fingerprint density at radius 3 is 2.74 bits per heavy atom. The lowest BCUT2D eigenvalue weighted by atomic mass is 10.1. The summed E-state index contributed by atoms with van der Waals surface area (Å²) in [4.78, 5) is 13.3. The van der Waals surface area contributed by atoms with Gasteiger partial charge in [0.25, 0.3) is 0 Å². The van der Waals surface area contributed by atoms with Crippen LogP contribution < -0.4 is 0 Å². The quantitative estimate of drug-likeness (QED) is 0.454. The molecule has 0 amide bonds. The first-order valence-electron chi connectivity index (χ1n) is 7.37. The molecule has 4 nitrogen and oxygen atoms in total. The average Bonchev–Trinajstić information content (AvgIpc) is 2.99. The van der Waals surface area contributed by atoms with Crippen LogP contribution in [0, 0.1) is 0 Å². The van der Waals surface area contributed by atoms with E-state index in [0.717, 1.165) is 38.5 Å². The van der Waals surface area contributed by atoms with Crippen LogP contribution >= 0.6 is 0 Å². The van der Waals surface area contributed by atoms with Gasteiger partial charge in [-0.25, -0.2) is 4.98 Å². The van der Waals surface area contributed by atoms with E-state index in [1.165, 1.54) is 0 Å². The van der Waals surface area contributed by atoms with E-state index in [4.69, 9.17) is 4.42 Å². The van der Waals surface area contributed by atoms with Crippen molar-refractivity contribution < 1.29 is 4.42 Å². The molecular weight excluding hydrogens is 286 g/mol. The molecule has 0 saturated heterocycles. The molecule has 0 spiro atoms. The van der Waals surface area contributed by atoms with Crippen LogP contribution in [0.2, 0.25) is 0 Å². The predicted molar refractivity (Wildman–Crippen MR) is 90.0 cm³/mol. The monoisotopic (exact) mass is 297 g/mol. The Labute approximate surface area is 131 Å². The zero-order chi connectivity index (χ0) is 15.2. The van der Waals surface area contributed by atoms with Crippen molar-refractivity contribution in [3.05, 3.63) is 67.1 Å². The summed E-state index contributed by atoms with van der Waals surface area (Å²) in [5.41, 5.74) is 3.12. The second kappa shape index (κ2) is 4.61. The Morgan fingerprint density at radius 1 is 0.783 bits per heavy atom. The van der Waals surface area contributed by atoms with Gasteiger partial charge in [0.05, 0.1) is 11.4 Å². The summed E-state index contributed by atoms with van der Waals surface area (Å²) >= 11 is 0. The zero-order valence-corrected chi connectivity index (χ0v) is 12.1. The number of fused-ring (bicyclic) bond motifs is 4. The molecule has 5 rings (SSSR count). The summed E-state index contributed by atoms with van der Waals surface area (Å²) < 4.78 is 5.88. The number of hydrogen-bond acceptors (Lipinski definition) is 4. The lowest BCUT2D eigenvalue weighted by Gasteiger charge is -2.04. The molecule has 0 aliphatic rings. The third-order valence-electron chi connectivity index (χ3n) is 4.05. The summed E-state index contributed by atoms with van der Waals surface area (Å²) in [6.07, 6.45) is 5.39. The topological polar surface area (TPSA) is 51.8 Å². The lowest BCUT2D eigenvalue weighted by Crippen LogP contribution is -1.89. The number of rotatable bonds is 1. The van der Waals surface area contributed by atoms with E-state index in [-0.39, 0.29) is 0 Å². The van der Waals surface area contributed by atoms with Crippen molar-refractivity contribution in [2.45, 2.75) is 0 Å². The van der Waals surface area contributed by atoms with Crippen molar-refractivity contribution >= 4 is 32.8 Å². The van der Waals surface area contributed by atoms with Crippen LogP contribution in [-0.4, -0.2) is 15.0 Å². The van der Waals surface area contributed by atoms with Crippen molar-refractivity contribution in [2.75, 3.05) is 0 Å². The van der Waals surface area contributed by atoms with Crippen molar-refractivity contribution in [2.24, 2.45) is 0 Å². The van der Waals surface area contributed by atoms with Gasteiger partial charge in [0.2, 0.25) is 5.71 Å². The highest BCUT2D eigenvalue weighted by Crippen LogP contribution is 2.31. The summed E-state index contributed by atoms with van der Waals surface area (Å²) in [6.45, 7) is 0. The van der Waals surface area contributed by atoms with E-state index < -0.39 is 0 Å². The van der Waals surface area contributed by atoms with E-state index in [1.807, 2.05) is 54.7 Å². The second-order valence-electron chi connectivity index (χ2n) is 5.40. The van der Waals surface area contributed by atoms with Gasteiger partial charge >= 0.3 is 0 Å². The minimum atomic E-state index is 0.636. The molecule has 0 aliphatic carbocycles. The summed E-state index contributed by atoms with van der Waals surface area (Å²) in [6, 6.07) is 15.9. The predicted octanol–water partition coefficient (Wildman–Crippen LogP) is 4.59. The Morgan fingerprint density at radius 2 is 1.74 bits per heavy atom. The minimum absolute atomic E-state index is 0.636. The molecule has 1 aromatic carbocycles. The first kappa shape index (κ1) is 12.3. The van der Waals surface area contributed by atoms with Crippen LogP contribution in [0.4, 0.5) is 0 Å². The van der Waals surface area contributed by atoms with Gasteiger partial charge in [-0.3, -0.25) is 9.97 Å². The van der Waals surface area contributed by atoms with Gasteiger partial charge in [-0.1, -0.05) is 18.2 Å². The van der Waals surface area contributed by atoms with Gasteiger partial charge < -0.3 is 4.42 Å². The van der Waals surface area contributed by atoms with Crippen LogP contribution in [0.3, 0.4) is 0 Å². The minimum Gasteiger partial charge on any atom is -0.438 e. The molecule has 0 unspecified atom stereocenters. The fourth-order valence-corrected chi connectivity index (χ4v) is 2.96. The van der Waals surface area contributed by atoms with Crippen LogP contribution in [0.5, 0.6) is 0 Å². The molecule has 0 bridgehead atoms. The molecule has 23 heavy (non-hydrogen) atoms. The maximum Gasteiger partial charge on any atom is 0.227 e. The third kappa shape index (κ3) is 1.82. The number of nitrogens with zero attached hydrogens (tertiary/aromatic N) is 3. The molecule has 0 radical (unpaired) electrons. The van der Waals surface area contributed by atoms with Crippen LogP contribution in [0.15, 0.2) is 71.5 Å². The van der Waals surface area contributed by atoms with Crippen molar-refractivity contribution in [3.8, 4) is 11.4 Å². The largest absolute Gasteiger partial charge is 0.438 e. The maximum absolute atomic E-state index is 5.88. The van der Waals surface area contributed by atoms with Crippen molar-refractivity contribution in [1.82, 2.24) is 15.0 Å². The summed E-state index contributed by atoms with van der Waals surface area (Å²) in [5.74, 6) is 0. The molecule has 0 saturated carbocycles. The number of furan rings is 1. The Hall–Kier alpha value is -3.27. The first-order chi connectivity index (χ1) is 11.4. The highest BCUT2D eigenvalue weighted by atomic mass is 16.3. The normalized spacial score (nSPS) is 11.5. The Bertz CT molecular complexity index is 1170. The van der Waals surface area contributed by atoms with Gasteiger partial charge in [-0.05, 0) is 30.3 Å².